The first-order chi connectivity index (χ1) is 13.3. The second-order valence-corrected chi connectivity index (χ2v) is 7.49. The molecule has 0 saturated heterocycles. The molecule has 0 radical (unpaired) electrons. The van der Waals surface area contributed by atoms with E-state index >= 15 is 0 Å². The Balaban J connectivity index is 1.63. The van der Waals surface area contributed by atoms with E-state index in [1.807, 2.05) is 20.8 Å². The molecule has 9 heteroatoms. The van der Waals surface area contributed by atoms with Gasteiger partial charge in [0.1, 0.15) is 11.5 Å². The third-order valence-electron chi connectivity index (χ3n) is 4.12. The number of aromatic nitrogens is 4. The molecule has 0 aromatic carbocycles. The highest BCUT2D eigenvalue weighted by molar-refractivity contribution is 7.15. The largest absolute Gasteiger partial charge is 0.361 e. The number of aryl methyl sites for hydroxylation is 4. The molecule has 0 aliphatic carbocycles. The van der Waals surface area contributed by atoms with Gasteiger partial charge in [0.15, 0.2) is 0 Å². The zero-order valence-corrected chi connectivity index (χ0v) is 17.0. The van der Waals surface area contributed by atoms with E-state index in [4.69, 9.17) is 4.52 Å². The van der Waals surface area contributed by atoms with Gasteiger partial charge in [0.25, 0.3) is 5.56 Å². The number of nitrogens with one attached hydrogen (secondary N) is 1. The average Bonchev–Trinajstić information content (AvgIpc) is 3.15. The molecule has 0 bridgehead atoms. The van der Waals surface area contributed by atoms with Crippen LogP contribution in [0.2, 0.25) is 0 Å². The Bertz CT molecular complexity index is 1070. The number of carbonyl (C=O) groups excluding carboxylic acids is 1. The van der Waals surface area contributed by atoms with E-state index < -0.39 is 0 Å². The minimum absolute atomic E-state index is 0.219. The van der Waals surface area contributed by atoms with Crippen molar-refractivity contribution in [2.75, 3.05) is 6.54 Å². The molecule has 3 heterocycles. The highest BCUT2D eigenvalue weighted by atomic mass is 32.1. The maximum Gasteiger partial charge on any atom is 0.266 e. The Kier molecular flexibility index (Phi) is 5.84. The van der Waals surface area contributed by atoms with Crippen LogP contribution in [0.5, 0.6) is 0 Å². The van der Waals surface area contributed by atoms with E-state index in [0.29, 0.717) is 11.5 Å². The van der Waals surface area contributed by atoms with Crippen LogP contribution in [0.25, 0.3) is 16.6 Å². The predicted octanol–water partition coefficient (Wildman–Crippen LogP) is 2.42. The summed E-state index contributed by atoms with van der Waals surface area (Å²) in [6.45, 7) is 8.00. The maximum absolute atomic E-state index is 12.1. The first kappa shape index (κ1) is 19.7. The first-order valence-electron chi connectivity index (χ1n) is 8.76. The van der Waals surface area contributed by atoms with Gasteiger partial charge >= 0.3 is 0 Å². The van der Waals surface area contributed by atoms with Crippen LogP contribution in [-0.4, -0.2) is 32.4 Å². The minimum atomic E-state index is -0.266. The summed E-state index contributed by atoms with van der Waals surface area (Å²) in [7, 11) is 0. The van der Waals surface area contributed by atoms with Crippen molar-refractivity contribution in [1.29, 1.82) is 0 Å². The molecule has 28 heavy (non-hydrogen) atoms. The van der Waals surface area contributed by atoms with Crippen LogP contribution in [0, 0.1) is 27.7 Å². The second kappa shape index (κ2) is 8.30. The molecule has 3 rings (SSSR count). The second-order valence-electron chi connectivity index (χ2n) is 6.29. The topological polar surface area (TPSA) is 103 Å². The zero-order valence-electron chi connectivity index (χ0n) is 16.1. The fourth-order valence-electron chi connectivity index (χ4n) is 2.73. The fourth-order valence-corrected chi connectivity index (χ4v) is 3.61. The molecule has 0 atom stereocenters. The van der Waals surface area contributed by atoms with Gasteiger partial charge in [-0.05, 0) is 39.8 Å². The van der Waals surface area contributed by atoms with Crippen LogP contribution in [0.3, 0.4) is 0 Å². The monoisotopic (exact) mass is 399 g/mol. The summed E-state index contributed by atoms with van der Waals surface area (Å²) in [5.74, 6) is 0.390. The van der Waals surface area contributed by atoms with E-state index in [1.54, 1.807) is 19.1 Å². The lowest BCUT2D eigenvalue weighted by Crippen LogP contribution is -2.31. The van der Waals surface area contributed by atoms with Gasteiger partial charge in [-0.15, -0.1) is 11.3 Å². The third kappa shape index (κ3) is 4.42. The number of thiazole rings is 1. The van der Waals surface area contributed by atoms with Crippen molar-refractivity contribution in [1.82, 2.24) is 25.2 Å². The normalized spacial score (nSPS) is 11.3. The van der Waals surface area contributed by atoms with Gasteiger partial charge in [0, 0.05) is 24.3 Å². The summed E-state index contributed by atoms with van der Waals surface area (Å²) in [4.78, 5) is 29.4. The lowest BCUT2D eigenvalue weighted by atomic mass is 10.2. The summed E-state index contributed by atoms with van der Waals surface area (Å²) in [6.07, 6.45) is 3.08. The van der Waals surface area contributed by atoms with Gasteiger partial charge in [-0.25, -0.2) is 9.67 Å². The van der Waals surface area contributed by atoms with Gasteiger partial charge in [-0.1, -0.05) is 5.16 Å². The van der Waals surface area contributed by atoms with Crippen molar-refractivity contribution in [3.63, 3.8) is 0 Å². The van der Waals surface area contributed by atoms with Gasteiger partial charge in [0.05, 0.1) is 27.8 Å². The summed E-state index contributed by atoms with van der Waals surface area (Å²) in [5, 5.41) is 11.9. The van der Waals surface area contributed by atoms with Crippen molar-refractivity contribution >= 4 is 23.3 Å². The summed E-state index contributed by atoms with van der Waals surface area (Å²) in [6, 6.07) is 3.18. The van der Waals surface area contributed by atoms with Gasteiger partial charge in [-0.3, -0.25) is 9.59 Å². The van der Waals surface area contributed by atoms with Crippen LogP contribution in [0.15, 0.2) is 27.5 Å². The molecule has 3 aromatic rings. The SMILES string of the molecule is Cc1nc(C)c(-c2ccc(=O)n(CCNC(=O)C=Cc3c(C)noc3C)n2)s1. The minimum Gasteiger partial charge on any atom is -0.361 e. The van der Waals surface area contributed by atoms with Crippen molar-refractivity contribution in [3.05, 3.63) is 56.3 Å². The Morgan fingerprint density at radius 1 is 1.25 bits per heavy atom. The van der Waals surface area contributed by atoms with Crippen molar-refractivity contribution in [2.24, 2.45) is 0 Å². The molecule has 0 unspecified atom stereocenters. The van der Waals surface area contributed by atoms with E-state index in [2.05, 4.69) is 20.6 Å². The molecule has 0 spiro atoms. The lowest BCUT2D eigenvalue weighted by Gasteiger charge is -2.07. The number of hydrogen-bond acceptors (Lipinski definition) is 7. The molecular weight excluding hydrogens is 378 g/mol. The molecular formula is C19H21N5O3S. The predicted molar refractivity (Wildman–Crippen MR) is 107 cm³/mol. The Morgan fingerprint density at radius 2 is 2.04 bits per heavy atom. The molecule has 1 amide bonds. The fraction of sp³-hybridized carbons (Fsp3) is 0.316. The summed E-state index contributed by atoms with van der Waals surface area (Å²) >= 11 is 1.54. The standard InChI is InChI=1S/C19H21N5O3S/c1-11-15(13(3)27-23-11)5-7-17(25)20-9-10-24-18(26)8-6-16(22-24)19-12(2)21-14(4)28-19/h5-8H,9-10H2,1-4H3,(H,20,25). The van der Waals surface area contributed by atoms with E-state index in [-0.39, 0.29) is 24.6 Å². The summed E-state index contributed by atoms with van der Waals surface area (Å²) < 4.78 is 6.40. The highest BCUT2D eigenvalue weighted by Crippen LogP contribution is 2.27. The third-order valence-corrected chi connectivity index (χ3v) is 5.21. The molecule has 0 saturated carbocycles. The highest BCUT2D eigenvalue weighted by Gasteiger charge is 2.11. The van der Waals surface area contributed by atoms with E-state index in [0.717, 1.165) is 26.8 Å². The number of hydrogen-bond donors (Lipinski definition) is 1. The maximum atomic E-state index is 12.1. The van der Waals surface area contributed by atoms with E-state index in [9.17, 15) is 9.59 Å². The Labute approximate surface area is 165 Å². The van der Waals surface area contributed by atoms with Gasteiger partial charge in [-0.2, -0.15) is 5.10 Å². The van der Waals surface area contributed by atoms with Crippen molar-refractivity contribution in [3.8, 4) is 10.6 Å². The quantitative estimate of drug-likeness (QED) is 0.639. The van der Waals surface area contributed by atoms with Crippen LogP contribution in [0.1, 0.15) is 27.7 Å². The van der Waals surface area contributed by atoms with Crippen LogP contribution in [-0.2, 0) is 11.3 Å². The molecule has 0 aliphatic rings. The summed E-state index contributed by atoms with van der Waals surface area (Å²) in [5.41, 5.74) is 2.88. The molecule has 0 aliphatic heterocycles. The smallest absolute Gasteiger partial charge is 0.266 e. The molecule has 8 nitrogen and oxygen atoms in total. The Morgan fingerprint density at radius 3 is 2.68 bits per heavy atom. The average molecular weight is 399 g/mol. The van der Waals surface area contributed by atoms with Crippen molar-refractivity contribution < 1.29 is 9.32 Å². The van der Waals surface area contributed by atoms with E-state index in [1.165, 1.54) is 28.2 Å². The molecule has 0 fully saturated rings. The Hall–Kier alpha value is -3.07. The number of amides is 1. The molecule has 1 N–H and O–H groups in total. The zero-order chi connectivity index (χ0) is 20.3. The van der Waals surface area contributed by atoms with Gasteiger partial charge in [0.2, 0.25) is 5.91 Å². The molecule has 3 aromatic heterocycles. The first-order valence-corrected chi connectivity index (χ1v) is 9.58. The van der Waals surface area contributed by atoms with Crippen LogP contribution >= 0.6 is 11.3 Å². The number of carbonyl (C=O) groups is 1. The number of nitrogens with zero attached hydrogens (tertiary/aromatic N) is 4. The molecule has 146 valence electrons. The van der Waals surface area contributed by atoms with Gasteiger partial charge < -0.3 is 9.84 Å². The lowest BCUT2D eigenvalue weighted by molar-refractivity contribution is -0.116. The van der Waals surface area contributed by atoms with Crippen molar-refractivity contribution in [2.45, 2.75) is 34.2 Å². The van der Waals surface area contributed by atoms with Crippen LogP contribution in [0.4, 0.5) is 0 Å². The number of rotatable bonds is 6. The van der Waals surface area contributed by atoms with Crippen LogP contribution < -0.4 is 10.9 Å².